The van der Waals surface area contributed by atoms with Crippen LogP contribution in [-0.2, 0) is 11.2 Å². The fourth-order valence-corrected chi connectivity index (χ4v) is 4.08. The van der Waals surface area contributed by atoms with Crippen molar-refractivity contribution in [2.75, 3.05) is 6.61 Å². The van der Waals surface area contributed by atoms with E-state index >= 15 is 0 Å². The molecule has 5 nitrogen and oxygen atoms in total. The molecule has 0 spiro atoms. The predicted molar refractivity (Wildman–Crippen MR) is 138 cm³/mol. The minimum Gasteiger partial charge on any atom is -0.494 e. The molecule has 0 radical (unpaired) electrons. The summed E-state index contributed by atoms with van der Waals surface area (Å²) in [5.41, 5.74) is 5.81. The summed E-state index contributed by atoms with van der Waals surface area (Å²) in [4.78, 5) is 17.5. The van der Waals surface area contributed by atoms with E-state index in [9.17, 15) is 4.79 Å². The molecule has 1 unspecified atom stereocenters. The monoisotopic (exact) mass is 475 g/mol. The van der Waals surface area contributed by atoms with E-state index in [1.807, 2.05) is 62.4 Å². The van der Waals surface area contributed by atoms with Gasteiger partial charge in [0.15, 0.2) is 0 Å². The summed E-state index contributed by atoms with van der Waals surface area (Å²) in [6.45, 7) is 6.69. The first-order valence-corrected chi connectivity index (χ1v) is 12.2. The highest BCUT2D eigenvalue weighted by atomic mass is 35.5. The number of aryl methyl sites for hydroxylation is 1. The molecule has 0 aliphatic rings. The lowest BCUT2D eigenvalue weighted by Crippen LogP contribution is -2.32. The molecule has 4 rings (SSSR count). The SMILES string of the molecule is CCOc1cccc(-c2ccc3nc(-c4ccc(Cl)cc4)c(CCC(=O)NC(C)CC)n3c2)c1. The fraction of sp³-hybridized carbons (Fsp3) is 0.286. The van der Waals surface area contributed by atoms with Crippen LogP contribution in [0.5, 0.6) is 5.75 Å². The van der Waals surface area contributed by atoms with Crippen LogP contribution in [0.15, 0.2) is 66.9 Å². The molecule has 34 heavy (non-hydrogen) atoms. The van der Waals surface area contributed by atoms with Gasteiger partial charge in [0.05, 0.1) is 18.0 Å². The molecule has 176 valence electrons. The van der Waals surface area contributed by atoms with Crippen molar-refractivity contribution in [2.45, 2.75) is 46.1 Å². The maximum absolute atomic E-state index is 12.6. The third-order valence-electron chi connectivity index (χ3n) is 5.92. The Morgan fingerprint density at radius 2 is 1.82 bits per heavy atom. The summed E-state index contributed by atoms with van der Waals surface area (Å²) in [6, 6.07) is 20.0. The number of imidazole rings is 1. The molecule has 0 saturated carbocycles. The summed E-state index contributed by atoms with van der Waals surface area (Å²) in [7, 11) is 0. The first-order valence-electron chi connectivity index (χ1n) is 11.8. The number of benzene rings is 2. The number of nitrogens with zero attached hydrogens (tertiary/aromatic N) is 2. The number of aromatic nitrogens is 2. The Kier molecular flexibility index (Phi) is 7.53. The van der Waals surface area contributed by atoms with Gasteiger partial charge in [0.1, 0.15) is 11.4 Å². The molecular weight excluding hydrogens is 446 g/mol. The van der Waals surface area contributed by atoms with Crippen LogP contribution in [0.4, 0.5) is 0 Å². The molecule has 1 atom stereocenters. The van der Waals surface area contributed by atoms with Gasteiger partial charge in [0.2, 0.25) is 5.91 Å². The number of carbonyl (C=O) groups excluding carboxylic acids is 1. The second-order valence-electron chi connectivity index (χ2n) is 8.40. The van der Waals surface area contributed by atoms with E-state index in [1.165, 1.54) is 0 Å². The van der Waals surface area contributed by atoms with Crippen LogP contribution in [0.3, 0.4) is 0 Å². The van der Waals surface area contributed by atoms with Gasteiger partial charge in [-0.2, -0.15) is 0 Å². The smallest absolute Gasteiger partial charge is 0.220 e. The normalized spacial score (nSPS) is 12.0. The van der Waals surface area contributed by atoms with E-state index in [4.69, 9.17) is 21.3 Å². The van der Waals surface area contributed by atoms with Crippen LogP contribution in [-0.4, -0.2) is 27.9 Å². The highest BCUT2D eigenvalue weighted by Crippen LogP contribution is 2.30. The van der Waals surface area contributed by atoms with Crippen molar-refractivity contribution >= 4 is 23.2 Å². The lowest BCUT2D eigenvalue weighted by molar-refractivity contribution is -0.121. The zero-order valence-corrected chi connectivity index (χ0v) is 20.6. The van der Waals surface area contributed by atoms with Crippen molar-refractivity contribution in [1.29, 1.82) is 0 Å². The van der Waals surface area contributed by atoms with Crippen LogP contribution in [0.1, 0.15) is 39.3 Å². The largest absolute Gasteiger partial charge is 0.494 e. The fourth-order valence-electron chi connectivity index (χ4n) is 3.95. The maximum atomic E-state index is 12.6. The number of rotatable bonds is 9. The zero-order valence-electron chi connectivity index (χ0n) is 19.8. The van der Waals surface area contributed by atoms with Gasteiger partial charge in [0.25, 0.3) is 0 Å². The molecule has 1 N–H and O–H groups in total. The van der Waals surface area contributed by atoms with Gasteiger partial charge in [0, 0.05) is 29.2 Å². The molecular formula is C28H30ClN3O2. The van der Waals surface area contributed by atoms with Crippen molar-refractivity contribution in [2.24, 2.45) is 0 Å². The van der Waals surface area contributed by atoms with Gasteiger partial charge in [-0.05, 0) is 74.2 Å². The lowest BCUT2D eigenvalue weighted by atomic mass is 10.1. The number of halogens is 1. The number of fused-ring (bicyclic) bond motifs is 1. The quantitative estimate of drug-likeness (QED) is 0.298. The topological polar surface area (TPSA) is 55.6 Å². The van der Waals surface area contributed by atoms with Gasteiger partial charge in [-0.1, -0.05) is 42.8 Å². The molecule has 0 fully saturated rings. The van der Waals surface area contributed by atoms with Crippen LogP contribution in [0.25, 0.3) is 28.0 Å². The van der Waals surface area contributed by atoms with Crippen molar-refractivity contribution in [3.05, 3.63) is 77.6 Å². The van der Waals surface area contributed by atoms with Crippen molar-refractivity contribution in [3.8, 4) is 28.1 Å². The standard InChI is InChI=1S/C28H30ClN3O2/c1-4-19(3)30-27(33)16-14-25-28(20-9-12-23(29)13-10-20)31-26-15-11-22(18-32(25)26)21-7-6-8-24(17-21)34-5-2/h6-13,15,17-19H,4-5,14,16H2,1-3H3,(H,30,33). The Morgan fingerprint density at radius 1 is 1.06 bits per heavy atom. The molecule has 4 aromatic rings. The number of ether oxygens (including phenoxy) is 1. The van der Waals surface area contributed by atoms with E-state index in [0.29, 0.717) is 24.5 Å². The van der Waals surface area contributed by atoms with Gasteiger partial charge in [-0.25, -0.2) is 4.98 Å². The number of nitrogens with one attached hydrogen (secondary N) is 1. The molecule has 1 amide bonds. The number of hydrogen-bond acceptors (Lipinski definition) is 3. The summed E-state index contributed by atoms with van der Waals surface area (Å²) in [5, 5.41) is 3.74. The van der Waals surface area contributed by atoms with E-state index < -0.39 is 0 Å². The number of carbonyl (C=O) groups is 1. The zero-order chi connectivity index (χ0) is 24.1. The molecule has 2 heterocycles. The van der Waals surface area contributed by atoms with Crippen LogP contribution < -0.4 is 10.1 Å². The highest BCUT2D eigenvalue weighted by molar-refractivity contribution is 6.30. The van der Waals surface area contributed by atoms with Gasteiger partial charge < -0.3 is 14.5 Å². The Bertz CT molecular complexity index is 1280. The average molecular weight is 476 g/mol. The molecule has 0 aliphatic heterocycles. The minimum atomic E-state index is 0.0481. The van der Waals surface area contributed by atoms with E-state index in [2.05, 4.69) is 35.0 Å². The van der Waals surface area contributed by atoms with Gasteiger partial charge in [-0.15, -0.1) is 0 Å². The van der Waals surface area contributed by atoms with Crippen molar-refractivity contribution in [1.82, 2.24) is 14.7 Å². The third kappa shape index (κ3) is 5.42. The number of pyridine rings is 1. The Morgan fingerprint density at radius 3 is 2.56 bits per heavy atom. The average Bonchev–Trinajstić information content (AvgIpc) is 3.21. The van der Waals surface area contributed by atoms with Crippen LogP contribution >= 0.6 is 11.6 Å². The van der Waals surface area contributed by atoms with Crippen molar-refractivity contribution < 1.29 is 9.53 Å². The summed E-state index contributed by atoms with van der Waals surface area (Å²) >= 11 is 6.12. The number of amides is 1. The lowest BCUT2D eigenvalue weighted by Gasteiger charge is -2.12. The minimum absolute atomic E-state index is 0.0481. The Hall–Kier alpha value is -3.31. The highest BCUT2D eigenvalue weighted by Gasteiger charge is 2.17. The molecule has 0 aliphatic carbocycles. The Labute approximate surface area is 205 Å². The number of hydrogen-bond donors (Lipinski definition) is 1. The molecule has 2 aromatic heterocycles. The molecule has 6 heteroatoms. The van der Waals surface area contributed by atoms with E-state index in [0.717, 1.165) is 45.9 Å². The van der Waals surface area contributed by atoms with E-state index in [-0.39, 0.29) is 11.9 Å². The van der Waals surface area contributed by atoms with Crippen molar-refractivity contribution in [3.63, 3.8) is 0 Å². The molecule has 2 aromatic carbocycles. The van der Waals surface area contributed by atoms with Crippen LogP contribution in [0.2, 0.25) is 5.02 Å². The van der Waals surface area contributed by atoms with Gasteiger partial charge in [-0.3, -0.25) is 4.79 Å². The molecule has 0 saturated heterocycles. The molecule has 0 bridgehead atoms. The first kappa shape index (κ1) is 23.8. The van der Waals surface area contributed by atoms with Gasteiger partial charge >= 0.3 is 0 Å². The third-order valence-corrected chi connectivity index (χ3v) is 6.17. The van der Waals surface area contributed by atoms with Crippen LogP contribution in [0, 0.1) is 0 Å². The summed E-state index contributed by atoms with van der Waals surface area (Å²) < 4.78 is 7.78. The summed E-state index contributed by atoms with van der Waals surface area (Å²) in [5.74, 6) is 0.890. The van der Waals surface area contributed by atoms with E-state index in [1.54, 1.807) is 0 Å². The maximum Gasteiger partial charge on any atom is 0.220 e. The summed E-state index contributed by atoms with van der Waals surface area (Å²) in [6.07, 6.45) is 3.96. The first-order chi connectivity index (χ1) is 16.5. The Balaban J connectivity index is 1.75. The predicted octanol–water partition coefficient (Wildman–Crippen LogP) is 6.57. The second kappa shape index (κ2) is 10.7. The second-order valence-corrected chi connectivity index (χ2v) is 8.83.